The van der Waals surface area contributed by atoms with Gasteiger partial charge in [0.25, 0.3) is 0 Å². The predicted molar refractivity (Wildman–Crippen MR) is 97.0 cm³/mol. The zero-order valence-corrected chi connectivity index (χ0v) is 14.3. The molecule has 6 heteroatoms. The summed E-state index contributed by atoms with van der Waals surface area (Å²) in [5.74, 6) is -0.382. The highest BCUT2D eigenvalue weighted by Crippen LogP contribution is 2.32. The average Bonchev–Trinajstić information content (AvgIpc) is 3.13. The molecule has 2 heterocycles. The number of benzene rings is 2. The molecule has 0 unspecified atom stereocenters. The SMILES string of the molecule is CCC(=O)N1N=C(c2ccc(F)cc2)C[C@H]1c1cnc2ccccc2n1. The first-order chi connectivity index (χ1) is 12.7. The summed E-state index contributed by atoms with van der Waals surface area (Å²) >= 11 is 0. The second-order valence-electron chi connectivity index (χ2n) is 6.15. The number of carbonyl (C=O) groups excluding carboxylic acids is 1. The minimum atomic E-state index is -0.306. The molecule has 1 aliphatic rings. The third-order valence-electron chi connectivity index (χ3n) is 4.45. The third kappa shape index (κ3) is 2.94. The van der Waals surface area contributed by atoms with Gasteiger partial charge in [-0.1, -0.05) is 31.2 Å². The van der Waals surface area contributed by atoms with Crippen LogP contribution in [0.15, 0.2) is 59.8 Å². The molecule has 1 aliphatic heterocycles. The van der Waals surface area contributed by atoms with Crippen molar-refractivity contribution in [3.63, 3.8) is 0 Å². The molecule has 0 bridgehead atoms. The van der Waals surface area contributed by atoms with Crippen LogP contribution in [0.3, 0.4) is 0 Å². The van der Waals surface area contributed by atoms with E-state index in [1.165, 1.54) is 17.1 Å². The van der Waals surface area contributed by atoms with Crippen LogP contribution in [0.25, 0.3) is 11.0 Å². The minimum absolute atomic E-state index is 0.0814. The summed E-state index contributed by atoms with van der Waals surface area (Å²) in [4.78, 5) is 21.5. The van der Waals surface area contributed by atoms with E-state index >= 15 is 0 Å². The lowest BCUT2D eigenvalue weighted by Gasteiger charge is -2.20. The molecule has 2 aromatic carbocycles. The second kappa shape index (κ2) is 6.63. The molecule has 1 aromatic heterocycles. The summed E-state index contributed by atoms with van der Waals surface area (Å²) < 4.78 is 13.2. The first-order valence-electron chi connectivity index (χ1n) is 8.53. The summed E-state index contributed by atoms with van der Waals surface area (Å²) in [6, 6.07) is 13.5. The van der Waals surface area contributed by atoms with Gasteiger partial charge in [0.2, 0.25) is 5.91 Å². The van der Waals surface area contributed by atoms with E-state index in [0.717, 1.165) is 22.3 Å². The van der Waals surface area contributed by atoms with Crippen molar-refractivity contribution in [1.29, 1.82) is 0 Å². The number of amides is 1. The van der Waals surface area contributed by atoms with Crippen LogP contribution in [0.5, 0.6) is 0 Å². The molecule has 130 valence electrons. The summed E-state index contributed by atoms with van der Waals surface area (Å²) in [6.07, 6.45) is 2.56. The lowest BCUT2D eigenvalue weighted by molar-refractivity contribution is -0.132. The number of aromatic nitrogens is 2. The van der Waals surface area contributed by atoms with Crippen molar-refractivity contribution >= 4 is 22.7 Å². The minimum Gasteiger partial charge on any atom is -0.273 e. The molecule has 0 fully saturated rings. The number of hydrazone groups is 1. The Balaban J connectivity index is 1.72. The molecule has 4 rings (SSSR count). The van der Waals surface area contributed by atoms with Gasteiger partial charge in [-0.3, -0.25) is 9.78 Å². The number of nitrogens with zero attached hydrogens (tertiary/aromatic N) is 4. The van der Waals surface area contributed by atoms with Crippen LogP contribution in [-0.2, 0) is 4.79 Å². The lowest BCUT2D eigenvalue weighted by atomic mass is 10.0. The molecule has 5 nitrogen and oxygen atoms in total. The molecule has 0 spiro atoms. The van der Waals surface area contributed by atoms with Crippen LogP contribution >= 0.6 is 0 Å². The largest absolute Gasteiger partial charge is 0.273 e. The van der Waals surface area contributed by atoms with Gasteiger partial charge in [0.05, 0.1) is 28.6 Å². The van der Waals surface area contributed by atoms with Gasteiger partial charge in [0.1, 0.15) is 11.9 Å². The van der Waals surface area contributed by atoms with E-state index < -0.39 is 0 Å². The number of halogens is 1. The first kappa shape index (κ1) is 16.3. The van der Waals surface area contributed by atoms with Gasteiger partial charge >= 0.3 is 0 Å². The summed E-state index contributed by atoms with van der Waals surface area (Å²) in [6.45, 7) is 1.80. The summed E-state index contributed by atoms with van der Waals surface area (Å²) in [7, 11) is 0. The predicted octanol–water partition coefficient (Wildman–Crippen LogP) is 3.86. The monoisotopic (exact) mass is 348 g/mol. The fraction of sp³-hybridized carbons (Fsp3) is 0.200. The Hall–Kier alpha value is -3.15. The maximum Gasteiger partial charge on any atom is 0.243 e. The van der Waals surface area contributed by atoms with Crippen LogP contribution in [0.2, 0.25) is 0 Å². The zero-order chi connectivity index (χ0) is 18.1. The first-order valence-corrected chi connectivity index (χ1v) is 8.53. The molecule has 0 saturated heterocycles. The van der Waals surface area contributed by atoms with E-state index in [0.29, 0.717) is 18.5 Å². The number of hydrogen-bond acceptors (Lipinski definition) is 4. The lowest BCUT2D eigenvalue weighted by Crippen LogP contribution is -2.26. The smallest absolute Gasteiger partial charge is 0.243 e. The quantitative estimate of drug-likeness (QED) is 0.722. The Morgan fingerprint density at radius 2 is 1.88 bits per heavy atom. The van der Waals surface area contributed by atoms with Crippen molar-refractivity contribution in [2.45, 2.75) is 25.8 Å². The highest BCUT2D eigenvalue weighted by atomic mass is 19.1. The van der Waals surface area contributed by atoms with Crippen molar-refractivity contribution in [2.24, 2.45) is 5.10 Å². The van der Waals surface area contributed by atoms with Crippen molar-refractivity contribution in [3.05, 3.63) is 71.8 Å². The van der Waals surface area contributed by atoms with E-state index in [1.807, 2.05) is 24.3 Å². The average molecular weight is 348 g/mol. The van der Waals surface area contributed by atoms with E-state index in [4.69, 9.17) is 0 Å². The van der Waals surface area contributed by atoms with Gasteiger partial charge in [-0.25, -0.2) is 14.4 Å². The zero-order valence-electron chi connectivity index (χ0n) is 14.3. The summed E-state index contributed by atoms with van der Waals surface area (Å²) in [5, 5.41) is 5.99. The number of hydrogen-bond donors (Lipinski definition) is 0. The topological polar surface area (TPSA) is 58.5 Å². The van der Waals surface area contributed by atoms with Gasteiger partial charge in [-0.2, -0.15) is 5.10 Å². The van der Waals surface area contributed by atoms with Gasteiger partial charge in [-0.05, 0) is 29.8 Å². The van der Waals surface area contributed by atoms with Crippen LogP contribution in [0.4, 0.5) is 4.39 Å². The van der Waals surface area contributed by atoms with E-state index in [2.05, 4.69) is 15.1 Å². The van der Waals surface area contributed by atoms with Crippen molar-refractivity contribution < 1.29 is 9.18 Å². The van der Waals surface area contributed by atoms with Crippen LogP contribution in [0.1, 0.15) is 37.1 Å². The van der Waals surface area contributed by atoms with Gasteiger partial charge in [-0.15, -0.1) is 0 Å². The molecule has 0 aliphatic carbocycles. The van der Waals surface area contributed by atoms with Gasteiger partial charge in [0, 0.05) is 12.8 Å². The Labute approximate surface area is 150 Å². The number of fused-ring (bicyclic) bond motifs is 1. The molecule has 0 saturated carbocycles. The van der Waals surface area contributed by atoms with Gasteiger partial charge in [0.15, 0.2) is 0 Å². The second-order valence-corrected chi connectivity index (χ2v) is 6.15. The maximum atomic E-state index is 13.2. The van der Waals surface area contributed by atoms with Crippen LogP contribution in [0, 0.1) is 5.82 Å². The molecule has 3 aromatic rings. The third-order valence-corrected chi connectivity index (χ3v) is 4.45. The number of carbonyl (C=O) groups is 1. The van der Waals surface area contributed by atoms with E-state index in [9.17, 15) is 9.18 Å². The molecule has 0 N–H and O–H groups in total. The molecule has 1 atom stereocenters. The molecular weight excluding hydrogens is 331 g/mol. The maximum absolute atomic E-state index is 13.2. The highest BCUT2D eigenvalue weighted by Gasteiger charge is 2.33. The van der Waals surface area contributed by atoms with E-state index in [-0.39, 0.29) is 17.8 Å². The van der Waals surface area contributed by atoms with Gasteiger partial charge < -0.3 is 0 Å². The Morgan fingerprint density at radius 1 is 1.15 bits per heavy atom. The summed E-state index contributed by atoms with van der Waals surface area (Å²) in [5.41, 5.74) is 3.83. The molecular formula is C20H17FN4O. The molecule has 1 amide bonds. The van der Waals surface area contributed by atoms with Crippen molar-refractivity contribution in [2.75, 3.05) is 0 Å². The number of rotatable bonds is 3. The molecule has 0 radical (unpaired) electrons. The highest BCUT2D eigenvalue weighted by molar-refractivity contribution is 6.03. The van der Waals surface area contributed by atoms with E-state index in [1.54, 1.807) is 25.3 Å². The Kier molecular flexibility index (Phi) is 4.16. The fourth-order valence-corrected chi connectivity index (χ4v) is 3.08. The Bertz CT molecular complexity index is 1000. The van der Waals surface area contributed by atoms with Crippen LogP contribution in [-0.4, -0.2) is 26.6 Å². The van der Waals surface area contributed by atoms with Crippen molar-refractivity contribution in [1.82, 2.24) is 15.0 Å². The molecule has 26 heavy (non-hydrogen) atoms. The number of para-hydroxylation sites is 2. The fourth-order valence-electron chi connectivity index (χ4n) is 3.08. The Morgan fingerprint density at radius 3 is 2.62 bits per heavy atom. The van der Waals surface area contributed by atoms with Crippen molar-refractivity contribution in [3.8, 4) is 0 Å². The van der Waals surface area contributed by atoms with Crippen LogP contribution < -0.4 is 0 Å². The standard InChI is InChI=1S/C20H17FN4O/c1-2-20(26)25-19(11-17(24-25)13-7-9-14(21)10-8-13)18-12-22-15-5-3-4-6-16(15)23-18/h3-10,12,19H,2,11H2,1H3/t19-/m0/s1. The normalized spacial score (nSPS) is 16.8.